The standard InChI is InChI=1S/C19H15ClN2O3/c1-13-9-10-24-18(13)19(23)22-21-12-14-7-8-16(11-17(14)20)25-15-5-3-2-4-6-15/h2-12H,1H3,(H,22,23)/b21-12-. The van der Waals surface area contributed by atoms with Gasteiger partial charge in [0.15, 0.2) is 5.76 Å². The molecule has 0 aliphatic carbocycles. The first kappa shape index (κ1) is 16.8. The molecular formula is C19H15ClN2O3. The van der Waals surface area contributed by atoms with Crippen LogP contribution in [0.5, 0.6) is 11.5 Å². The molecule has 5 nitrogen and oxygen atoms in total. The van der Waals surface area contributed by atoms with Crippen LogP contribution in [0.2, 0.25) is 5.02 Å². The van der Waals surface area contributed by atoms with Crippen molar-refractivity contribution >= 4 is 23.7 Å². The fraction of sp³-hybridized carbons (Fsp3) is 0.0526. The average molecular weight is 355 g/mol. The zero-order chi connectivity index (χ0) is 17.6. The molecule has 3 rings (SSSR count). The van der Waals surface area contributed by atoms with E-state index >= 15 is 0 Å². The van der Waals surface area contributed by atoms with Crippen molar-refractivity contribution in [2.75, 3.05) is 0 Å². The van der Waals surface area contributed by atoms with Crippen LogP contribution in [0.15, 0.2) is 70.4 Å². The van der Waals surface area contributed by atoms with Gasteiger partial charge in [0.25, 0.3) is 0 Å². The third kappa shape index (κ3) is 4.28. The molecule has 0 aliphatic rings. The number of benzene rings is 2. The highest BCUT2D eigenvalue weighted by atomic mass is 35.5. The molecular weight excluding hydrogens is 340 g/mol. The summed E-state index contributed by atoms with van der Waals surface area (Å²) in [5.41, 5.74) is 3.80. The molecule has 0 saturated heterocycles. The Labute approximate surface area is 149 Å². The fourth-order valence-electron chi connectivity index (χ4n) is 2.12. The summed E-state index contributed by atoms with van der Waals surface area (Å²) >= 11 is 6.23. The van der Waals surface area contributed by atoms with Gasteiger partial charge in [-0.05, 0) is 37.3 Å². The Kier molecular flexibility index (Phi) is 5.16. The lowest BCUT2D eigenvalue weighted by atomic mass is 10.2. The Morgan fingerprint density at radius 3 is 2.64 bits per heavy atom. The minimum atomic E-state index is -0.418. The van der Waals surface area contributed by atoms with E-state index in [-0.39, 0.29) is 5.76 Å². The maximum Gasteiger partial charge on any atom is 0.307 e. The van der Waals surface area contributed by atoms with Gasteiger partial charge in [-0.3, -0.25) is 4.79 Å². The van der Waals surface area contributed by atoms with Gasteiger partial charge in [-0.15, -0.1) is 0 Å². The number of nitrogens with zero attached hydrogens (tertiary/aromatic N) is 1. The second kappa shape index (κ2) is 7.68. The summed E-state index contributed by atoms with van der Waals surface area (Å²) in [4.78, 5) is 11.9. The van der Waals surface area contributed by atoms with E-state index in [0.29, 0.717) is 16.3 Å². The summed E-state index contributed by atoms with van der Waals surface area (Å²) in [5, 5.41) is 4.36. The van der Waals surface area contributed by atoms with Crippen LogP contribution >= 0.6 is 11.6 Å². The number of carbonyl (C=O) groups excluding carboxylic acids is 1. The minimum Gasteiger partial charge on any atom is -0.459 e. The van der Waals surface area contributed by atoms with E-state index in [1.807, 2.05) is 30.3 Å². The molecule has 0 aliphatic heterocycles. The van der Waals surface area contributed by atoms with Crippen molar-refractivity contribution in [3.8, 4) is 11.5 Å². The Hall–Kier alpha value is -3.05. The van der Waals surface area contributed by atoms with Crippen molar-refractivity contribution in [3.05, 3.63) is 82.8 Å². The van der Waals surface area contributed by atoms with Crippen LogP contribution in [0.25, 0.3) is 0 Å². The lowest BCUT2D eigenvalue weighted by Gasteiger charge is -2.07. The zero-order valence-corrected chi connectivity index (χ0v) is 14.2. The number of halogens is 1. The van der Waals surface area contributed by atoms with E-state index in [1.54, 1.807) is 31.2 Å². The molecule has 6 heteroatoms. The Morgan fingerprint density at radius 1 is 1.16 bits per heavy atom. The van der Waals surface area contributed by atoms with Crippen molar-refractivity contribution in [2.45, 2.75) is 6.92 Å². The number of carbonyl (C=O) groups is 1. The predicted octanol–water partition coefficient (Wildman–Crippen LogP) is 4.80. The van der Waals surface area contributed by atoms with E-state index in [9.17, 15) is 4.79 Å². The summed E-state index contributed by atoms with van der Waals surface area (Å²) < 4.78 is 10.8. The molecule has 0 unspecified atom stereocenters. The van der Waals surface area contributed by atoms with E-state index in [2.05, 4.69) is 10.5 Å². The SMILES string of the molecule is Cc1ccoc1C(=O)N/N=C\c1ccc(Oc2ccccc2)cc1Cl. The van der Waals surface area contributed by atoms with E-state index in [0.717, 1.165) is 11.3 Å². The number of nitrogens with one attached hydrogen (secondary N) is 1. The Morgan fingerprint density at radius 2 is 1.96 bits per heavy atom. The topological polar surface area (TPSA) is 63.8 Å². The number of hydrazone groups is 1. The van der Waals surface area contributed by atoms with Crippen LogP contribution in [-0.4, -0.2) is 12.1 Å². The lowest BCUT2D eigenvalue weighted by molar-refractivity contribution is 0.0926. The van der Waals surface area contributed by atoms with Gasteiger partial charge < -0.3 is 9.15 Å². The van der Waals surface area contributed by atoms with Crippen LogP contribution < -0.4 is 10.2 Å². The molecule has 1 heterocycles. The van der Waals surface area contributed by atoms with E-state index in [4.69, 9.17) is 20.8 Å². The molecule has 1 N–H and O–H groups in total. The minimum absolute atomic E-state index is 0.231. The highest BCUT2D eigenvalue weighted by Crippen LogP contribution is 2.26. The van der Waals surface area contributed by atoms with Gasteiger partial charge in [0.1, 0.15) is 11.5 Å². The van der Waals surface area contributed by atoms with Crippen LogP contribution in [-0.2, 0) is 0 Å². The smallest absolute Gasteiger partial charge is 0.307 e. The average Bonchev–Trinajstić information content (AvgIpc) is 3.04. The molecule has 0 bridgehead atoms. The molecule has 0 saturated carbocycles. The molecule has 1 amide bonds. The number of para-hydroxylation sites is 1. The van der Waals surface area contributed by atoms with Crippen molar-refractivity contribution < 1.29 is 13.9 Å². The third-order valence-corrected chi connectivity index (χ3v) is 3.72. The van der Waals surface area contributed by atoms with Gasteiger partial charge in [0.05, 0.1) is 17.5 Å². The molecule has 0 radical (unpaired) electrons. The van der Waals surface area contributed by atoms with Gasteiger partial charge in [-0.2, -0.15) is 5.10 Å². The van der Waals surface area contributed by atoms with Crippen molar-refractivity contribution in [3.63, 3.8) is 0 Å². The molecule has 0 atom stereocenters. The summed E-state index contributed by atoms with van der Waals surface area (Å²) in [6.07, 6.45) is 2.92. The van der Waals surface area contributed by atoms with E-state index in [1.165, 1.54) is 12.5 Å². The summed E-state index contributed by atoms with van der Waals surface area (Å²) in [7, 11) is 0. The second-order valence-electron chi connectivity index (χ2n) is 5.23. The first-order valence-corrected chi connectivity index (χ1v) is 7.91. The summed E-state index contributed by atoms with van der Waals surface area (Å²) in [5.74, 6) is 1.15. The highest BCUT2D eigenvalue weighted by Gasteiger charge is 2.11. The van der Waals surface area contributed by atoms with Gasteiger partial charge >= 0.3 is 5.91 Å². The maximum absolute atomic E-state index is 11.9. The zero-order valence-electron chi connectivity index (χ0n) is 13.4. The van der Waals surface area contributed by atoms with Crippen LogP contribution in [0.1, 0.15) is 21.7 Å². The van der Waals surface area contributed by atoms with Crippen LogP contribution in [0.3, 0.4) is 0 Å². The maximum atomic E-state index is 11.9. The number of hydrogen-bond donors (Lipinski definition) is 1. The second-order valence-corrected chi connectivity index (χ2v) is 5.64. The molecule has 1 aromatic heterocycles. The molecule has 126 valence electrons. The van der Waals surface area contributed by atoms with Crippen molar-refractivity contribution in [1.82, 2.24) is 5.43 Å². The lowest BCUT2D eigenvalue weighted by Crippen LogP contribution is -2.17. The van der Waals surface area contributed by atoms with E-state index < -0.39 is 5.91 Å². The highest BCUT2D eigenvalue weighted by molar-refractivity contribution is 6.33. The number of hydrogen-bond acceptors (Lipinski definition) is 4. The summed E-state index contributed by atoms with van der Waals surface area (Å²) in [6.45, 7) is 1.78. The van der Waals surface area contributed by atoms with Gasteiger partial charge in [0.2, 0.25) is 0 Å². The first-order chi connectivity index (χ1) is 12.1. The molecule has 25 heavy (non-hydrogen) atoms. The van der Waals surface area contributed by atoms with Gasteiger partial charge in [-0.25, -0.2) is 5.43 Å². The number of rotatable bonds is 5. The van der Waals surface area contributed by atoms with Crippen LogP contribution in [0, 0.1) is 6.92 Å². The first-order valence-electron chi connectivity index (χ1n) is 7.53. The number of aryl methyl sites for hydroxylation is 1. The van der Waals surface area contributed by atoms with Crippen molar-refractivity contribution in [1.29, 1.82) is 0 Å². The normalized spacial score (nSPS) is 10.8. The quantitative estimate of drug-likeness (QED) is 0.529. The van der Waals surface area contributed by atoms with Gasteiger partial charge in [0, 0.05) is 17.2 Å². The van der Waals surface area contributed by atoms with Crippen LogP contribution in [0.4, 0.5) is 0 Å². The molecule has 0 spiro atoms. The number of amides is 1. The Balaban J connectivity index is 1.65. The third-order valence-electron chi connectivity index (χ3n) is 3.39. The van der Waals surface area contributed by atoms with Crippen molar-refractivity contribution in [2.24, 2.45) is 5.10 Å². The Bertz CT molecular complexity index is 904. The van der Waals surface area contributed by atoms with Gasteiger partial charge in [-0.1, -0.05) is 29.8 Å². The fourth-order valence-corrected chi connectivity index (χ4v) is 2.34. The number of furan rings is 1. The molecule has 0 fully saturated rings. The molecule has 3 aromatic rings. The molecule has 2 aromatic carbocycles. The summed E-state index contributed by atoms with van der Waals surface area (Å²) in [6, 6.07) is 16.3. The largest absolute Gasteiger partial charge is 0.459 e. The predicted molar refractivity (Wildman–Crippen MR) is 96.5 cm³/mol. The number of ether oxygens (including phenoxy) is 1. The monoisotopic (exact) mass is 354 g/mol.